The molecule has 0 spiro atoms. The first-order chi connectivity index (χ1) is 13.7. The third kappa shape index (κ3) is 4.16. The van der Waals surface area contributed by atoms with E-state index in [9.17, 15) is 10.2 Å². The van der Waals surface area contributed by atoms with Gasteiger partial charge in [-0.25, -0.2) is 0 Å². The van der Waals surface area contributed by atoms with Crippen LogP contribution in [0.4, 0.5) is 0 Å². The molecule has 28 heavy (non-hydrogen) atoms. The van der Waals surface area contributed by atoms with E-state index in [0.29, 0.717) is 0 Å². The first-order valence-electron chi connectivity index (χ1n) is 8.90. The van der Waals surface area contributed by atoms with E-state index in [1.54, 1.807) is 24.3 Å². The number of hydrogen-bond donors (Lipinski definition) is 2. The zero-order valence-corrected chi connectivity index (χ0v) is 16.0. The summed E-state index contributed by atoms with van der Waals surface area (Å²) < 4.78 is 5.90. The Hall–Kier alpha value is -3.29. The molecule has 0 heterocycles. The second kappa shape index (κ2) is 8.16. The minimum Gasteiger partial charge on any atom is -0.508 e. The van der Waals surface area contributed by atoms with Gasteiger partial charge in [-0.2, -0.15) is 0 Å². The van der Waals surface area contributed by atoms with Crippen LogP contribution in [-0.2, 0) is 0 Å². The summed E-state index contributed by atoms with van der Waals surface area (Å²) in [4.78, 5) is 0. The van der Waals surface area contributed by atoms with Gasteiger partial charge in [-0.3, -0.25) is 0 Å². The Kier molecular flexibility index (Phi) is 5.27. The normalized spacial score (nSPS) is 10.8. The fourth-order valence-corrected chi connectivity index (χ4v) is 5.17. The highest BCUT2D eigenvalue weighted by atomic mass is 31.1. The van der Waals surface area contributed by atoms with Crippen LogP contribution in [0, 0.1) is 0 Å². The molecule has 0 saturated carbocycles. The Morgan fingerprint density at radius 2 is 0.857 bits per heavy atom. The van der Waals surface area contributed by atoms with E-state index in [0.717, 1.165) is 27.4 Å². The Morgan fingerprint density at radius 3 is 1.32 bits per heavy atom. The Morgan fingerprint density at radius 1 is 0.464 bits per heavy atom. The largest absolute Gasteiger partial charge is 0.508 e. The predicted octanol–water partition coefficient (Wildman–Crippen LogP) is 4.65. The van der Waals surface area contributed by atoms with Crippen molar-refractivity contribution in [3.8, 4) is 23.0 Å². The summed E-state index contributed by atoms with van der Waals surface area (Å²) in [5, 5.41) is 22.7. The number of aromatic hydroxyl groups is 2. The molecule has 0 amide bonds. The van der Waals surface area contributed by atoms with Crippen LogP contribution in [0.1, 0.15) is 0 Å². The summed E-state index contributed by atoms with van der Waals surface area (Å²) in [6.45, 7) is 0. The highest BCUT2D eigenvalue weighted by molar-refractivity contribution is 7.79. The monoisotopic (exact) mass is 386 g/mol. The topological polar surface area (TPSA) is 49.7 Å². The number of phenols is 2. The molecule has 4 aromatic carbocycles. The first kappa shape index (κ1) is 18.1. The van der Waals surface area contributed by atoms with Gasteiger partial charge in [-0.1, -0.05) is 54.6 Å². The lowest BCUT2D eigenvalue weighted by atomic mass is 10.3. The van der Waals surface area contributed by atoms with Crippen molar-refractivity contribution < 1.29 is 14.9 Å². The van der Waals surface area contributed by atoms with Gasteiger partial charge in [0.2, 0.25) is 0 Å². The number of para-hydroxylation sites is 1. The number of rotatable bonds is 5. The van der Waals surface area contributed by atoms with E-state index in [1.165, 1.54) is 0 Å². The smallest absolute Gasteiger partial charge is 0.127 e. The Labute approximate surface area is 165 Å². The van der Waals surface area contributed by atoms with Crippen LogP contribution < -0.4 is 20.7 Å². The molecule has 4 aromatic rings. The lowest BCUT2D eigenvalue weighted by Gasteiger charge is -2.20. The molecular weight excluding hydrogens is 367 g/mol. The molecule has 3 nitrogen and oxygen atoms in total. The standard InChI is InChI=1S/C24H19O3P/c25-18-6-12-22(13-7-18)28(23-14-8-19(26)9-15-23)24-16-10-21(11-17-24)27-20-4-2-1-3-5-20/h1-17,25-26H. The van der Waals surface area contributed by atoms with Crippen LogP contribution in [0.5, 0.6) is 23.0 Å². The van der Waals surface area contributed by atoms with E-state index in [1.807, 2.05) is 66.7 Å². The zero-order chi connectivity index (χ0) is 19.3. The molecule has 4 heteroatoms. The Balaban J connectivity index is 1.68. The lowest BCUT2D eigenvalue weighted by Crippen LogP contribution is -2.20. The number of ether oxygens (including phenoxy) is 1. The van der Waals surface area contributed by atoms with E-state index < -0.39 is 7.92 Å². The minimum absolute atomic E-state index is 0.246. The highest BCUT2D eigenvalue weighted by Crippen LogP contribution is 2.34. The second-order valence-corrected chi connectivity index (χ2v) is 8.50. The van der Waals surface area contributed by atoms with Crippen molar-refractivity contribution >= 4 is 23.8 Å². The average molecular weight is 386 g/mol. The van der Waals surface area contributed by atoms with Gasteiger partial charge in [0.1, 0.15) is 23.0 Å². The van der Waals surface area contributed by atoms with Crippen molar-refractivity contribution in [2.45, 2.75) is 0 Å². The zero-order valence-electron chi connectivity index (χ0n) is 15.1. The predicted molar refractivity (Wildman–Crippen MR) is 115 cm³/mol. The molecule has 0 saturated heterocycles. The molecule has 0 atom stereocenters. The SMILES string of the molecule is Oc1ccc(P(c2ccc(O)cc2)c2ccc(Oc3ccccc3)cc2)cc1. The molecule has 0 bridgehead atoms. The quantitative estimate of drug-likeness (QED) is 0.491. The summed E-state index contributed by atoms with van der Waals surface area (Å²) >= 11 is 0. The van der Waals surface area contributed by atoms with Gasteiger partial charge in [-0.15, -0.1) is 0 Å². The van der Waals surface area contributed by atoms with Crippen LogP contribution in [-0.4, -0.2) is 10.2 Å². The Bertz CT molecular complexity index is 982. The van der Waals surface area contributed by atoms with Gasteiger partial charge in [-0.05, 0) is 72.4 Å². The van der Waals surface area contributed by atoms with Gasteiger partial charge < -0.3 is 14.9 Å². The molecular formula is C24H19O3P. The molecule has 0 aliphatic carbocycles. The van der Waals surface area contributed by atoms with Crippen molar-refractivity contribution in [1.29, 1.82) is 0 Å². The van der Waals surface area contributed by atoms with E-state index in [2.05, 4.69) is 12.1 Å². The third-order valence-corrected chi connectivity index (χ3v) is 6.73. The average Bonchev–Trinajstić information content (AvgIpc) is 2.73. The molecule has 0 fully saturated rings. The van der Waals surface area contributed by atoms with Crippen molar-refractivity contribution in [1.82, 2.24) is 0 Å². The summed E-state index contributed by atoms with van der Waals surface area (Å²) in [6.07, 6.45) is 0. The molecule has 0 unspecified atom stereocenters. The molecule has 0 aromatic heterocycles. The summed E-state index contributed by atoms with van der Waals surface area (Å²) in [5.74, 6) is 2.07. The molecule has 0 radical (unpaired) electrons. The molecule has 138 valence electrons. The van der Waals surface area contributed by atoms with Crippen LogP contribution in [0.15, 0.2) is 103 Å². The van der Waals surface area contributed by atoms with Gasteiger partial charge in [0.15, 0.2) is 0 Å². The van der Waals surface area contributed by atoms with E-state index in [4.69, 9.17) is 4.74 Å². The summed E-state index contributed by atoms with van der Waals surface area (Å²) in [7, 11) is -0.820. The number of phenolic OH excluding ortho intramolecular Hbond substituents is 2. The number of hydrogen-bond acceptors (Lipinski definition) is 3. The van der Waals surface area contributed by atoms with Gasteiger partial charge in [0.25, 0.3) is 0 Å². The van der Waals surface area contributed by atoms with Crippen LogP contribution in [0.25, 0.3) is 0 Å². The second-order valence-electron chi connectivity index (χ2n) is 6.28. The minimum atomic E-state index is -0.820. The maximum atomic E-state index is 9.65. The lowest BCUT2D eigenvalue weighted by molar-refractivity contribution is 0.475. The fraction of sp³-hybridized carbons (Fsp3) is 0. The number of benzene rings is 4. The van der Waals surface area contributed by atoms with Crippen molar-refractivity contribution in [3.63, 3.8) is 0 Å². The van der Waals surface area contributed by atoms with Gasteiger partial charge in [0.05, 0.1) is 0 Å². The van der Waals surface area contributed by atoms with Crippen LogP contribution in [0.2, 0.25) is 0 Å². The van der Waals surface area contributed by atoms with E-state index >= 15 is 0 Å². The van der Waals surface area contributed by atoms with Gasteiger partial charge in [0, 0.05) is 0 Å². The van der Waals surface area contributed by atoms with Crippen molar-refractivity contribution in [3.05, 3.63) is 103 Å². The molecule has 4 rings (SSSR count). The summed E-state index contributed by atoms with van der Waals surface area (Å²) in [5.41, 5.74) is 0. The van der Waals surface area contributed by atoms with E-state index in [-0.39, 0.29) is 11.5 Å². The van der Waals surface area contributed by atoms with Gasteiger partial charge >= 0.3 is 0 Å². The maximum Gasteiger partial charge on any atom is 0.127 e. The molecule has 2 N–H and O–H groups in total. The maximum absolute atomic E-state index is 9.65. The van der Waals surface area contributed by atoms with Crippen LogP contribution >= 0.6 is 7.92 Å². The fourth-order valence-electron chi connectivity index (χ4n) is 2.94. The van der Waals surface area contributed by atoms with Crippen molar-refractivity contribution in [2.24, 2.45) is 0 Å². The van der Waals surface area contributed by atoms with Crippen LogP contribution in [0.3, 0.4) is 0 Å². The third-order valence-electron chi connectivity index (χ3n) is 4.29. The molecule has 0 aliphatic heterocycles. The highest BCUT2D eigenvalue weighted by Gasteiger charge is 2.17. The first-order valence-corrected chi connectivity index (χ1v) is 10.2. The summed E-state index contributed by atoms with van der Waals surface area (Å²) in [6, 6.07) is 32.4. The van der Waals surface area contributed by atoms with Crippen molar-refractivity contribution in [2.75, 3.05) is 0 Å². The molecule has 0 aliphatic rings.